The van der Waals surface area contributed by atoms with Gasteiger partial charge in [-0.25, -0.2) is 0 Å². The first kappa shape index (κ1) is 27.2. The third-order valence-corrected chi connectivity index (χ3v) is 8.16. The fourth-order valence-electron chi connectivity index (χ4n) is 6.34. The highest BCUT2D eigenvalue weighted by Crippen LogP contribution is 2.33. The summed E-state index contributed by atoms with van der Waals surface area (Å²) in [6.45, 7) is 12.7. The van der Waals surface area contributed by atoms with Gasteiger partial charge in [0.05, 0.1) is 5.56 Å². The maximum Gasteiger partial charge on any atom is 0.416 e. The van der Waals surface area contributed by atoms with E-state index < -0.39 is 11.7 Å². The summed E-state index contributed by atoms with van der Waals surface area (Å²) in [6.07, 6.45) is 1.79. The number of alkyl halides is 3. The molecule has 0 aromatic heterocycles. The van der Waals surface area contributed by atoms with Crippen LogP contribution in [0.15, 0.2) is 24.3 Å². The molecular weight excluding hydrogens is 465 g/mol. The van der Waals surface area contributed by atoms with Crippen LogP contribution in [0.3, 0.4) is 0 Å². The first-order valence-corrected chi connectivity index (χ1v) is 13.9. The van der Waals surface area contributed by atoms with Crippen LogP contribution >= 0.6 is 0 Å². The second-order valence-corrected chi connectivity index (χ2v) is 11.3. The highest BCUT2D eigenvalue weighted by atomic mass is 19.4. The van der Waals surface area contributed by atoms with E-state index in [2.05, 4.69) is 33.4 Å². The Hall–Kier alpha value is -1.80. The Morgan fingerprint density at radius 1 is 1.00 bits per heavy atom. The number of rotatable bonds is 7. The Bertz CT molecular complexity index is 847. The standard InChI is InChI=1S/C28H43F3N4O/c1-22(2)20-32-14-11-26(23(21-32)9-10-27(36)35-12-4-3-5-13-35)34-17-15-33(16-18-34)25-8-6-7-24(19-25)28(29,30)31/h6-8,19,22-23,26H,3-5,9-18,20-21H2,1-2H3/t23-,26+/m0/s1. The molecule has 3 saturated heterocycles. The molecular formula is C28H43F3N4O. The lowest BCUT2D eigenvalue weighted by atomic mass is 9.86. The summed E-state index contributed by atoms with van der Waals surface area (Å²) in [6, 6.07) is 6.13. The second-order valence-electron chi connectivity index (χ2n) is 11.3. The Kier molecular flexibility index (Phi) is 9.20. The van der Waals surface area contributed by atoms with Gasteiger partial charge < -0.3 is 14.7 Å². The quantitative estimate of drug-likeness (QED) is 0.521. The molecule has 36 heavy (non-hydrogen) atoms. The molecule has 1 aromatic rings. The van der Waals surface area contributed by atoms with Crippen LogP contribution in [0.4, 0.5) is 18.9 Å². The van der Waals surface area contributed by atoms with Gasteiger partial charge in [-0.15, -0.1) is 0 Å². The summed E-state index contributed by atoms with van der Waals surface area (Å²) in [5.41, 5.74) is 0.0679. The largest absolute Gasteiger partial charge is 0.416 e. The minimum absolute atomic E-state index is 0.309. The lowest BCUT2D eigenvalue weighted by molar-refractivity contribution is -0.137. The molecule has 0 N–H and O–H groups in total. The van der Waals surface area contributed by atoms with Gasteiger partial charge in [-0.05, 0) is 68.7 Å². The van der Waals surface area contributed by atoms with E-state index in [4.69, 9.17) is 0 Å². The number of carbonyl (C=O) groups excluding carboxylic acids is 1. The molecule has 3 heterocycles. The molecule has 0 unspecified atom stereocenters. The molecule has 3 aliphatic heterocycles. The molecule has 3 aliphatic rings. The van der Waals surface area contributed by atoms with E-state index in [9.17, 15) is 18.0 Å². The number of anilines is 1. The van der Waals surface area contributed by atoms with Crippen molar-refractivity contribution in [3.05, 3.63) is 29.8 Å². The fourth-order valence-corrected chi connectivity index (χ4v) is 6.34. The van der Waals surface area contributed by atoms with Crippen molar-refractivity contribution in [1.29, 1.82) is 0 Å². The molecule has 1 amide bonds. The van der Waals surface area contributed by atoms with Crippen molar-refractivity contribution in [2.45, 2.75) is 64.6 Å². The van der Waals surface area contributed by atoms with Gasteiger partial charge in [0.2, 0.25) is 5.91 Å². The molecule has 2 atom stereocenters. The minimum Gasteiger partial charge on any atom is -0.369 e. The molecule has 0 spiro atoms. The van der Waals surface area contributed by atoms with Crippen LogP contribution in [0.2, 0.25) is 0 Å². The van der Waals surface area contributed by atoms with E-state index in [1.165, 1.54) is 18.6 Å². The lowest BCUT2D eigenvalue weighted by Gasteiger charge is -2.47. The van der Waals surface area contributed by atoms with Gasteiger partial charge in [0.15, 0.2) is 0 Å². The van der Waals surface area contributed by atoms with Crippen molar-refractivity contribution in [2.24, 2.45) is 11.8 Å². The van der Waals surface area contributed by atoms with Gasteiger partial charge in [0.1, 0.15) is 0 Å². The highest BCUT2D eigenvalue weighted by Gasteiger charge is 2.36. The average molecular weight is 509 g/mol. The highest BCUT2D eigenvalue weighted by molar-refractivity contribution is 5.76. The van der Waals surface area contributed by atoms with E-state index in [0.29, 0.717) is 35.9 Å². The molecule has 0 bridgehead atoms. The van der Waals surface area contributed by atoms with Crippen LogP contribution in [-0.2, 0) is 11.0 Å². The summed E-state index contributed by atoms with van der Waals surface area (Å²) in [7, 11) is 0. The Balaban J connectivity index is 1.36. The number of benzene rings is 1. The predicted octanol–water partition coefficient (Wildman–Crippen LogP) is 4.97. The number of hydrogen-bond donors (Lipinski definition) is 0. The van der Waals surface area contributed by atoms with Crippen molar-refractivity contribution in [1.82, 2.24) is 14.7 Å². The van der Waals surface area contributed by atoms with E-state index in [0.717, 1.165) is 90.7 Å². The topological polar surface area (TPSA) is 30.0 Å². The predicted molar refractivity (Wildman–Crippen MR) is 138 cm³/mol. The van der Waals surface area contributed by atoms with Crippen LogP contribution in [0, 0.1) is 11.8 Å². The van der Waals surface area contributed by atoms with Gasteiger partial charge in [-0.1, -0.05) is 19.9 Å². The van der Waals surface area contributed by atoms with Crippen molar-refractivity contribution < 1.29 is 18.0 Å². The third kappa shape index (κ3) is 7.15. The van der Waals surface area contributed by atoms with Crippen LogP contribution < -0.4 is 4.90 Å². The van der Waals surface area contributed by atoms with E-state index in [-0.39, 0.29) is 0 Å². The average Bonchev–Trinajstić information content (AvgIpc) is 2.87. The number of carbonyl (C=O) groups is 1. The zero-order chi connectivity index (χ0) is 25.7. The summed E-state index contributed by atoms with van der Waals surface area (Å²) in [5.74, 6) is 1.38. The van der Waals surface area contributed by atoms with Crippen LogP contribution in [0.5, 0.6) is 0 Å². The van der Waals surface area contributed by atoms with Gasteiger partial charge >= 0.3 is 6.18 Å². The number of likely N-dealkylation sites (tertiary alicyclic amines) is 2. The molecule has 5 nitrogen and oxygen atoms in total. The van der Waals surface area contributed by atoms with E-state index in [1.807, 2.05) is 0 Å². The molecule has 4 rings (SSSR count). The second kappa shape index (κ2) is 12.2. The first-order valence-electron chi connectivity index (χ1n) is 13.9. The number of halogens is 3. The van der Waals surface area contributed by atoms with Gasteiger partial charge in [-0.3, -0.25) is 9.69 Å². The van der Waals surface area contributed by atoms with Crippen molar-refractivity contribution >= 4 is 11.6 Å². The number of amides is 1. The zero-order valence-corrected chi connectivity index (χ0v) is 22.0. The molecule has 8 heteroatoms. The Labute approximate surface area is 214 Å². The summed E-state index contributed by atoms with van der Waals surface area (Å²) >= 11 is 0. The normalized spacial score (nSPS) is 24.9. The van der Waals surface area contributed by atoms with Gasteiger partial charge in [0.25, 0.3) is 0 Å². The number of hydrogen-bond acceptors (Lipinski definition) is 4. The van der Waals surface area contributed by atoms with E-state index in [1.54, 1.807) is 6.07 Å². The van der Waals surface area contributed by atoms with Crippen LogP contribution in [-0.4, -0.2) is 85.6 Å². The summed E-state index contributed by atoms with van der Waals surface area (Å²) in [5, 5.41) is 0. The van der Waals surface area contributed by atoms with Gasteiger partial charge in [0, 0.05) is 70.5 Å². The fraction of sp³-hybridized carbons (Fsp3) is 0.750. The number of piperazine rings is 1. The maximum atomic E-state index is 13.2. The Morgan fingerprint density at radius 3 is 2.39 bits per heavy atom. The summed E-state index contributed by atoms with van der Waals surface area (Å²) < 4.78 is 39.6. The van der Waals surface area contributed by atoms with Gasteiger partial charge in [-0.2, -0.15) is 13.2 Å². The minimum atomic E-state index is -4.32. The lowest BCUT2D eigenvalue weighted by Crippen LogP contribution is -2.57. The monoisotopic (exact) mass is 508 g/mol. The number of piperidine rings is 2. The smallest absolute Gasteiger partial charge is 0.369 e. The molecule has 3 fully saturated rings. The van der Waals surface area contributed by atoms with Crippen molar-refractivity contribution in [2.75, 3.05) is 63.8 Å². The SMILES string of the molecule is CC(C)CN1CC[C@@H](N2CCN(c3cccc(C(F)(F)F)c3)CC2)[C@@H](CCC(=O)N2CCCCC2)C1. The maximum absolute atomic E-state index is 13.2. The van der Waals surface area contributed by atoms with E-state index >= 15 is 0 Å². The van der Waals surface area contributed by atoms with Crippen molar-refractivity contribution in [3.63, 3.8) is 0 Å². The summed E-state index contributed by atoms with van der Waals surface area (Å²) in [4.78, 5) is 22.1. The Morgan fingerprint density at radius 2 is 1.72 bits per heavy atom. The first-order chi connectivity index (χ1) is 17.2. The zero-order valence-electron chi connectivity index (χ0n) is 22.0. The molecule has 1 aromatic carbocycles. The molecule has 0 saturated carbocycles. The molecule has 0 aliphatic carbocycles. The molecule has 202 valence electrons. The molecule has 0 radical (unpaired) electrons. The third-order valence-electron chi connectivity index (χ3n) is 8.16. The number of nitrogens with zero attached hydrogens (tertiary/aromatic N) is 4. The van der Waals surface area contributed by atoms with Crippen molar-refractivity contribution in [3.8, 4) is 0 Å². The van der Waals surface area contributed by atoms with Crippen LogP contribution in [0.25, 0.3) is 0 Å². The van der Waals surface area contributed by atoms with Crippen LogP contribution in [0.1, 0.15) is 57.9 Å².